The van der Waals surface area contributed by atoms with Crippen molar-refractivity contribution in [1.82, 2.24) is 9.47 Å². The van der Waals surface area contributed by atoms with Crippen molar-refractivity contribution in [2.24, 2.45) is 12.8 Å². The summed E-state index contributed by atoms with van der Waals surface area (Å²) in [6.45, 7) is 4.22. The van der Waals surface area contributed by atoms with E-state index >= 15 is 0 Å². The molecule has 90 valence electrons. The minimum atomic E-state index is 0.635. The fourth-order valence-electron chi connectivity index (χ4n) is 2.49. The summed E-state index contributed by atoms with van der Waals surface area (Å²) in [4.78, 5) is 2.57. The Kier molecular flexibility index (Phi) is 4.02. The predicted molar refractivity (Wildman–Crippen MR) is 67.0 cm³/mol. The number of hydrogen-bond acceptors (Lipinski definition) is 2. The van der Waals surface area contributed by atoms with Crippen molar-refractivity contribution in [2.45, 2.75) is 38.8 Å². The van der Waals surface area contributed by atoms with E-state index in [9.17, 15) is 0 Å². The SMILES string of the molecule is Cn1c(CN)ccc1CN1CCCCCC1. The first-order valence-corrected chi connectivity index (χ1v) is 6.37. The molecule has 0 radical (unpaired) electrons. The van der Waals surface area contributed by atoms with Crippen molar-refractivity contribution in [3.05, 3.63) is 23.5 Å². The van der Waals surface area contributed by atoms with Gasteiger partial charge >= 0.3 is 0 Å². The standard InChI is InChI=1S/C13H23N3/c1-15-12(10-14)6-7-13(15)11-16-8-4-2-3-5-9-16/h6-7H,2-5,8-11,14H2,1H3. The topological polar surface area (TPSA) is 34.2 Å². The highest BCUT2D eigenvalue weighted by Crippen LogP contribution is 2.14. The highest BCUT2D eigenvalue weighted by atomic mass is 15.1. The Balaban J connectivity index is 1.99. The molecule has 1 saturated heterocycles. The third kappa shape index (κ3) is 2.66. The van der Waals surface area contributed by atoms with E-state index in [1.807, 2.05) is 0 Å². The van der Waals surface area contributed by atoms with Crippen LogP contribution in [0.5, 0.6) is 0 Å². The monoisotopic (exact) mass is 221 g/mol. The maximum absolute atomic E-state index is 5.69. The van der Waals surface area contributed by atoms with Crippen molar-refractivity contribution in [1.29, 1.82) is 0 Å². The second kappa shape index (κ2) is 5.51. The van der Waals surface area contributed by atoms with Gasteiger partial charge in [-0.15, -0.1) is 0 Å². The Hall–Kier alpha value is -0.800. The molecule has 0 spiro atoms. The summed E-state index contributed by atoms with van der Waals surface area (Å²) in [5, 5.41) is 0. The van der Waals surface area contributed by atoms with Crippen molar-refractivity contribution in [3.63, 3.8) is 0 Å². The van der Waals surface area contributed by atoms with Gasteiger partial charge in [0.1, 0.15) is 0 Å². The first kappa shape index (κ1) is 11.7. The van der Waals surface area contributed by atoms with Crippen LogP contribution in [0.1, 0.15) is 37.1 Å². The van der Waals surface area contributed by atoms with E-state index in [0.717, 1.165) is 6.54 Å². The van der Waals surface area contributed by atoms with Gasteiger partial charge in [0.2, 0.25) is 0 Å². The first-order valence-electron chi connectivity index (χ1n) is 6.37. The number of nitrogens with two attached hydrogens (primary N) is 1. The van der Waals surface area contributed by atoms with E-state index in [1.54, 1.807) is 0 Å². The van der Waals surface area contributed by atoms with Crippen LogP contribution in [0, 0.1) is 0 Å². The molecule has 1 aliphatic heterocycles. The van der Waals surface area contributed by atoms with E-state index in [-0.39, 0.29) is 0 Å². The van der Waals surface area contributed by atoms with Crippen molar-refractivity contribution in [2.75, 3.05) is 13.1 Å². The smallest absolute Gasteiger partial charge is 0.0387 e. The second-order valence-electron chi connectivity index (χ2n) is 4.77. The molecule has 16 heavy (non-hydrogen) atoms. The number of nitrogens with zero attached hydrogens (tertiary/aromatic N) is 2. The van der Waals surface area contributed by atoms with Gasteiger partial charge < -0.3 is 10.3 Å². The van der Waals surface area contributed by atoms with Gasteiger partial charge in [-0.05, 0) is 38.1 Å². The summed E-state index contributed by atoms with van der Waals surface area (Å²) < 4.78 is 2.24. The molecule has 0 saturated carbocycles. The molecule has 2 N–H and O–H groups in total. The molecule has 3 nitrogen and oxygen atoms in total. The van der Waals surface area contributed by atoms with Crippen LogP contribution in [-0.2, 0) is 20.1 Å². The molecule has 3 heteroatoms. The van der Waals surface area contributed by atoms with Crippen LogP contribution in [0.3, 0.4) is 0 Å². The highest BCUT2D eigenvalue weighted by molar-refractivity contribution is 5.15. The molecule has 1 aromatic rings. The average molecular weight is 221 g/mol. The largest absolute Gasteiger partial charge is 0.349 e. The van der Waals surface area contributed by atoms with Crippen LogP contribution in [0.2, 0.25) is 0 Å². The third-order valence-electron chi connectivity index (χ3n) is 3.62. The van der Waals surface area contributed by atoms with Gasteiger partial charge in [-0.1, -0.05) is 12.8 Å². The minimum absolute atomic E-state index is 0.635. The van der Waals surface area contributed by atoms with Gasteiger partial charge in [0.25, 0.3) is 0 Å². The van der Waals surface area contributed by atoms with Gasteiger partial charge in [0.05, 0.1) is 0 Å². The molecule has 0 unspecified atom stereocenters. The van der Waals surface area contributed by atoms with Gasteiger partial charge in [-0.25, -0.2) is 0 Å². The van der Waals surface area contributed by atoms with Crippen LogP contribution in [0.15, 0.2) is 12.1 Å². The lowest BCUT2D eigenvalue weighted by atomic mass is 10.2. The maximum Gasteiger partial charge on any atom is 0.0387 e. The summed E-state index contributed by atoms with van der Waals surface area (Å²) in [5.74, 6) is 0. The predicted octanol–water partition coefficient (Wildman–Crippen LogP) is 1.86. The number of likely N-dealkylation sites (tertiary alicyclic amines) is 1. The van der Waals surface area contributed by atoms with E-state index in [1.165, 1.54) is 50.2 Å². The lowest BCUT2D eigenvalue weighted by Crippen LogP contribution is -2.25. The van der Waals surface area contributed by atoms with Gasteiger partial charge in [0, 0.05) is 31.5 Å². The average Bonchev–Trinajstić information content (AvgIpc) is 2.52. The Morgan fingerprint density at radius 1 is 1.06 bits per heavy atom. The number of hydrogen-bond donors (Lipinski definition) is 1. The molecule has 1 fully saturated rings. The molecular weight excluding hydrogens is 198 g/mol. The zero-order chi connectivity index (χ0) is 11.4. The Morgan fingerprint density at radius 3 is 2.25 bits per heavy atom. The Morgan fingerprint density at radius 2 is 1.69 bits per heavy atom. The summed E-state index contributed by atoms with van der Waals surface area (Å²) in [6, 6.07) is 4.36. The van der Waals surface area contributed by atoms with E-state index in [0.29, 0.717) is 6.54 Å². The Labute approximate surface area is 98.2 Å². The van der Waals surface area contributed by atoms with E-state index in [4.69, 9.17) is 5.73 Å². The molecule has 0 atom stereocenters. The zero-order valence-electron chi connectivity index (χ0n) is 10.3. The minimum Gasteiger partial charge on any atom is -0.349 e. The second-order valence-corrected chi connectivity index (χ2v) is 4.77. The molecule has 1 aliphatic rings. The van der Waals surface area contributed by atoms with Crippen molar-refractivity contribution in [3.8, 4) is 0 Å². The van der Waals surface area contributed by atoms with Crippen LogP contribution >= 0.6 is 0 Å². The summed E-state index contributed by atoms with van der Waals surface area (Å²) >= 11 is 0. The summed E-state index contributed by atoms with van der Waals surface area (Å²) in [6.07, 6.45) is 5.51. The van der Waals surface area contributed by atoms with Crippen LogP contribution in [0.25, 0.3) is 0 Å². The maximum atomic E-state index is 5.69. The lowest BCUT2D eigenvalue weighted by molar-refractivity contribution is 0.270. The van der Waals surface area contributed by atoms with Gasteiger partial charge in [0.15, 0.2) is 0 Å². The first-order chi connectivity index (χ1) is 7.81. The molecule has 0 bridgehead atoms. The Bertz CT molecular complexity index is 322. The molecular formula is C13H23N3. The normalized spacial score (nSPS) is 18.6. The molecule has 2 rings (SSSR count). The fraction of sp³-hybridized carbons (Fsp3) is 0.692. The van der Waals surface area contributed by atoms with Crippen LogP contribution < -0.4 is 5.73 Å². The molecule has 0 aliphatic carbocycles. The molecule has 2 heterocycles. The third-order valence-corrected chi connectivity index (χ3v) is 3.62. The summed E-state index contributed by atoms with van der Waals surface area (Å²) in [7, 11) is 2.12. The molecule has 0 amide bonds. The van der Waals surface area contributed by atoms with E-state index < -0.39 is 0 Å². The number of rotatable bonds is 3. The molecule has 0 aromatic carbocycles. The fourth-order valence-corrected chi connectivity index (χ4v) is 2.49. The lowest BCUT2D eigenvalue weighted by Gasteiger charge is -2.20. The van der Waals surface area contributed by atoms with Crippen LogP contribution in [0.4, 0.5) is 0 Å². The van der Waals surface area contributed by atoms with Crippen LogP contribution in [-0.4, -0.2) is 22.6 Å². The number of aromatic nitrogens is 1. The van der Waals surface area contributed by atoms with Gasteiger partial charge in [-0.2, -0.15) is 0 Å². The van der Waals surface area contributed by atoms with Crippen molar-refractivity contribution >= 4 is 0 Å². The molecule has 1 aromatic heterocycles. The van der Waals surface area contributed by atoms with Gasteiger partial charge in [-0.3, -0.25) is 4.90 Å². The quantitative estimate of drug-likeness (QED) is 0.845. The zero-order valence-corrected chi connectivity index (χ0v) is 10.3. The van der Waals surface area contributed by atoms with E-state index in [2.05, 4.69) is 28.6 Å². The summed E-state index contributed by atoms with van der Waals surface area (Å²) in [5.41, 5.74) is 8.31. The highest BCUT2D eigenvalue weighted by Gasteiger charge is 2.11. The van der Waals surface area contributed by atoms with Crippen molar-refractivity contribution < 1.29 is 0 Å².